The number of imidazole rings is 1. The number of anilines is 1. The van der Waals surface area contributed by atoms with Crippen LogP contribution in [0.5, 0.6) is 0 Å². The Hall–Kier alpha value is -1.88. The van der Waals surface area contributed by atoms with Crippen molar-refractivity contribution in [3.8, 4) is 0 Å². The normalized spacial score (nSPS) is 16.8. The molecule has 17 heavy (non-hydrogen) atoms. The van der Waals surface area contributed by atoms with Gasteiger partial charge in [0.25, 0.3) is 0 Å². The maximum atomic E-state index is 11.8. The third kappa shape index (κ3) is 1.68. The number of carbonyl (C=O) groups is 1. The molecule has 1 saturated heterocycles. The third-order valence-electron chi connectivity index (χ3n) is 3.03. The van der Waals surface area contributed by atoms with Crippen molar-refractivity contribution in [1.82, 2.24) is 14.7 Å². The Balaban J connectivity index is 2.05. The topological polar surface area (TPSA) is 49.6 Å². The molecule has 0 aliphatic carbocycles. The van der Waals surface area contributed by atoms with Gasteiger partial charge >= 0.3 is 0 Å². The summed E-state index contributed by atoms with van der Waals surface area (Å²) in [6.07, 6.45) is 3.86. The van der Waals surface area contributed by atoms with E-state index in [0.717, 1.165) is 23.6 Å². The van der Waals surface area contributed by atoms with Crippen LogP contribution in [-0.4, -0.2) is 34.9 Å². The zero-order valence-electron chi connectivity index (χ0n) is 9.68. The number of hydrogen-bond donors (Lipinski definition) is 1. The van der Waals surface area contributed by atoms with Crippen molar-refractivity contribution in [3.05, 3.63) is 30.1 Å². The van der Waals surface area contributed by atoms with Gasteiger partial charge in [0.1, 0.15) is 5.65 Å². The molecule has 1 fully saturated rings. The molecule has 5 nitrogen and oxygen atoms in total. The van der Waals surface area contributed by atoms with Gasteiger partial charge in [-0.1, -0.05) is 6.07 Å². The summed E-state index contributed by atoms with van der Waals surface area (Å²) in [6.45, 7) is 3.92. The minimum Gasteiger partial charge on any atom is -0.307 e. The van der Waals surface area contributed by atoms with E-state index >= 15 is 0 Å². The highest BCUT2D eigenvalue weighted by Gasteiger charge is 2.21. The highest BCUT2D eigenvalue weighted by molar-refractivity contribution is 5.94. The maximum absolute atomic E-state index is 11.8. The van der Waals surface area contributed by atoms with Gasteiger partial charge in [0.05, 0.1) is 12.7 Å². The monoisotopic (exact) mass is 230 g/mol. The molecular formula is C12H14N4O. The highest BCUT2D eigenvalue weighted by atomic mass is 16.2. The Kier molecular flexibility index (Phi) is 2.33. The van der Waals surface area contributed by atoms with Crippen LogP contribution in [0.1, 0.15) is 5.56 Å². The molecule has 2 aromatic rings. The molecule has 0 spiro atoms. The highest BCUT2D eigenvalue weighted by Crippen LogP contribution is 2.17. The molecule has 88 valence electrons. The molecule has 0 bridgehead atoms. The second-order valence-corrected chi connectivity index (χ2v) is 4.24. The van der Waals surface area contributed by atoms with Gasteiger partial charge in [0.2, 0.25) is 5.91 Å². The molecule has 1 amide bonds. The van der Waals surface area contributed by atoms with E-state index in [1.54, 1.807) is 4.90 Å². The van der Waals surface area contributed by atoms with Crippen LogP contribution in [0.3, 0.4) is 0 Å². The summed E-state index contributed by atoms with van der Waals surface area (Å²) in [7, 11) is 0. The largest absolute Gasteiger partial charge is 0.307 e. The number of pyridine rings is 1. The molecule has 3 heterocycles. The molecule has 5 heteroatoms. The van der Waals surface area contributed by atoms with Crippen LogP contribution in [-0.2, 0) is 4.79 Å². The molecule has 0 saturated carbocycles. The second-order valence-electron chi connectivity index (χ2n) is 4.24. The Morgan fingerprint density at radius 1 is 1.47 bits per heavy atom. The van der Waals surface area contributed by atoms with E-state index in [0.29, 0.717) is 13.1 Å². The van der Waals surface area contributed by atoms with Crippen molar-refractivity contribution in [1.29, 1.82) is 0 Å². The van der Waals surface area contributed by atoms with E-state index in [4.69, 9.17) is 0 Å². The van der Waals surface area contributed by atoms with E-state index in [1.165, 1.54) is 0 Å². The lowest BCUT2D eigenvalue weighted by atomic mass is 10.3. The molecule has 2 aromatic heterocycles. The van der Waals surface area contributed by atoms with Gasteiger partial charge in [-0.15, -0.1) is 0 Å². The van der Waals surface area contributed by atoms with Gasteiger partial charge in [-0.3, -0.25) is 9.69 Å². The van der Waals surface area contributed by atoms with Crippen molar-refractivity contribution >= 4 is 17.4 Å². The van der Waals surface area contributed by atoms with Crippen LogP contribution < -0.4 is 10.2 Å². The third-order valence-corrected chi connectivity index (χ3v) is 3.03. The van der Waals surface area contributed by atoms with E-state index in [-0.39, 0.29) is 5.91 Å². The zero-order valence-corrected chi connectivity index (χ0v) is 9.68. The SMILES string of the molecule is Cc1cccn2cc(N3CCNCC3=O)nc12. The van der Waals surface area contributed by atoms with Gasteiger partial charge < -0.3 is 9.72 Å². The Morgan fingerprint density at radius 2 is 2.35 bits per heavy atom. The molecule has 1 aliphatic heterocycles. The molecule has 0 radical (unpaired) electrons. The smallest absolute Gasteiger partial charge is 0.242 e. The van der Waals surface area contributed by atoms with E-state index in [1.807, 2.05) is 35.9 Å². The summed E-state index contributed by atoms with van der Waals surface area (Å²) in [5.74, 6) is 0.822. The van der Waals surface area contributed by atoms with Gasteiger partial charge in [-0.25, -0.2) is 4.98 Å². The predicted molar refractivity (Wildman–Crippen MR) is 65.2 cm³/mol. The fraction of sp³-hybridized carbons (Fsp3) is 0.333. The first-order valence-corrected chi connectivity index (χ1v) is 5.71. The van der Waals surface area contributed by atoms with Crippen LogP contribution in [0.15, 0.2) is 24.5 Å². The average molecular weight is 230 g/mol. The number of nitrogens with one attached hydrogen (secondary N) is 1. The van der Waals surface area contributed by atoms with Gasteiger partial charge in [-0.05, 0) is 18.6 Å². The quantitative estimate of drug-likeness (QED) is 0.779. The Bertz CT molecular complexity index is 575. The van der Waals surface area contributed by atoms with Gasteiger partial charge in [-0.2, -0.15) is 0 Å². The molecule has 0 atom stereocenters. The molecule has 3 rings (SSSR count). The summed E-state index contributed by atoms with van der Waals surface area (Å²) in [5.41, 5.74) is 2.02. The van der Waals surface area contributed by atoms with Crippen LogP contribution in [0.2, 0.25) is 0 Å². The number of hydrogen-bond acceptors (Lipinski definition) is 3. The Labute approximate surface area is 99.1 Å². The summed E-state index contributed by atoms with van der Waals surface area (Å²) in [4.78, 5) is 18.0. The standard InChI is InChI=1S/C12H14N4O/c1-9-3-2-5-15-8-10(14-12(9)15)16-6-4-13-7-11(16)17/h2-3,5,8,13H,4,6-7H2,1H3. The lowest BCUT2D eigenvalue weighted by molar-refractivity contribution is -0.118. The Morgan fingerprint density at radius 3 is 3.12 bits per heavy atom. The minimum absolute atomic E-state index is 0.0808. The number of carbonyl (C=O) groups excluding carboxylic acids is 1. The van der Waals surface area contributed by atoms with Crippen molar-refractivity contribution in [2.45, 2.75) is 6.92 Å². The summed E-state index contributed by atoms with van der Waals surface area (Å²) < 4.78 is 1.96. The van der Waals surface area contributed by atoms with E-state index in [9.17, 15) is 4.79 Å². The maximum Gasteiger partial charge on any atom is 0.242 e. The predicted octanol–water partition coefficient (Wildman–Crippen LogP) is 0.579. The fourth-order valence-electron chi connectivity index (χ4n) is 2.12. The first-order valence-electron chi connectivity index (χ1n) is 5.71. The summed E-state index contributed by atoms with van der Waals surface area (Å²) in [5, 5.41) is 3.05. The molecule has 0 aromatic carbocycles. The van der Waals surface area contributed by atoms with E-state index < -0.39 is 0 Å². The van der Waals surface area contributed by atoms with Crippen molar-refractivity contribution in [3.63, 3.8) is 0 Å². The summed E-state index contributed by atoms with van der Waals surface area (Å²) >= 11 is 0. The van der Waals surface area contributed by atoms with Crippen LogP contribution in [0, 0.1) is 6.92 Å². The van der Waals surface area contributed by atoms with Crippen LogP contribution in [0.25, 0.3) is 5.65 Å². The number of piperazine rings is 1. The first-order chi connectivity index (χ1) is 8.25. The number of aromatic nitrogens is 2. The number of aryl methyl sites for hydroxylation is 1. The average Bonchev–Trinajstić information content (AvgIpc) is 2.75. The lowest BCUT2D eigenvalue weighted by Crippen LogP contribution is -2.48. The number of nitrogens with zero attached hydrogens (tertiary/aromatic N) is 3. The molecule has 1 N–H and O–H groups in total. The lowest BCUT2D eigenvalue weighted by Gasteiger charge is -2.24. The van der Waals surface area contributed by atoms with Crippen LogP contribution in [0.4, 0.5) is 5.82 Å². The number of amides is 1. The zero-order chi connectivity index (χ0) is 11.8. The molecule has 0 unspecified atom stereocenters. The molecule has 1 aliphatic rings. The van der Waals surface area contributed by atoms with Gasteiger partial charge in [0, 0.05) is 19.3 Å². The minimum atomic E-state index is 0.0808. The second kappa shape index (κ2) is 3.85. The first kappa shape index (κ1) is 10.3. The van der Waals surface area contributed by atoms with E-state index in [2.05, 4.69) is 10.3 Å². The molecular weight excluding hydrogens is 216 g/mol. The fourth-order valence-corrected chi connectivity index (χ4v) is 2.12. The van der Waals surface area contributed by atoms with Crippen molar-refractivity contribution in [2.24, 2.45) is 0 Å². The summed E-state index contributed by atoms with van der Waals surface area (Å²) in [6, 6.07) is 4.00. The van der Waals surface area contributed by atoms with Crippen molar-refractivity contribution in [2.75, 3.05) is 24.5 Å². The van der Waals surface area contributed by atoms with Crippen molar-refractivity contribution < 1.29 is 4.79 Å². The number of fused-ring (bicyclic) bond motifs is 1. The van der Waals surface area contributed by atoms with Gasteiger partial charge in [0.15, 0.2) is 5.82 Å². The van der Waals surface area contributed by atoms with Crippen LogP contribution >= 0.6 is 0 Å². The number of rotatable bonds is 1.